The maximum atomic E-state index is 12.9. The molecular formula is C26H24ClCuNO3S. The predicted octanol–water partition coefficient (Wildman–Crippen LogP) is 6.01. The molecule has 0 bridgehead atoms. The minimum atomic E-state index is -0.331. The second-order valence-electron chi connectivity index (χ2n) is 7.35. The Bertz CT molecular complexity index is 1130. The summed E-state index contributed by atoms with van der Waals surface area (Å²) in [4.78, 5) is 18.9. The van der Waals surface area contributed by atoms with Crippen LogP contribution in [0.15, 0.2) is 71.7 Å². The molecule has 1 aliphatic rings. The fourth-order valence-corrected chi connectivity index (χ4v) is 5.01. The molecule has 1 aromatic heterocycles. The molecule has 0 N–H and O–H groups in total. The standard InChI is InChI=1S/C26H25NO3S.ClH.Cu/c1-2-30-26(29)24-20-15-9-10-16-23(20)31-25(24)27-21(18-11-5-3-6-12-18)17-22(28)19-13-7-4-8-14-19;;/h3-8,11-14,17,28H,2,9-10,15-16H2,1H3;1H;/q;;+2/p-2/b22-17-,27-21-;;. The van der Waals surface area contributed by atoms with E-state index in [1.54, 1.807) is 36.5 Å². The van der Waals surface area contributed by atoms with Gasteiger partial charge in [0.2, 0.25) is 0 Å². The number of benzene rings is 2. The van der Waals surface area contributed by atoms with Gasteiger partial charge in [0.25, 0.3) is 0 Å². The van der Waals surface area contributed by atoms with E-state index in [1.807, 2.05) is 48.5 Å². The number of carbonyl (C=O) groups is 1. The van der Waals surface area contributed by atoms with Crippen LogP contribution >= 0.6 is 21.4 Å². The summed E-state index contributed by atoms with van der Waals surface area (Å²) in [5.41, 5.74) is 3.60. The van der Waals surface area contributed by atoms with Gasteiger partial charge in [-0.1, -0.05) is 66.4 Å². The Labute approximate surface area is 211 Å². The van der Waals surface area contributed by atoms with E-state index in [-0.39, 0.29) is 11.7 Å². The van der Waals surface area contributed by atoms with Gasteiger partial charge in [-0.15, -0.1) is 11.3 Å². The van der Waals surface area contributed by atoms with Crippen LogP contribution in [-0.2, 0) is 32.7 Å². The van der Waals surface area contributed by atoms with Crippen LogP contribution in [0.4, 0.5) is 5.00 Å². The van der Waals surface area contributed by atoms with Crippen LogP contribution in [0.5, 0.6) is 0 Å². The Morgan fingerprint density at radius 2 is 1.67 bits per heavy atom. The molecule has 0 aliphatic heterocycles. The summed E-state index contributed by atoms with van der Waals surface area (Å²) in [6.45, 7) is 2.12. The molecule has 1 heterocycles. The minimum absolute atomic E-state index is 0.123. The average Bonchev–Trinajstić information content (AvgIpc) is 3.24. The number of carbonyl (C=O) groups excluding carboxylic acids is 1. The van der Waals surface area contributed by atoms with Gasteiger partial charge in [0.1, 0.15) is 5.00 Å². The van der Waals surface area contributed by atoms with Gasteiger partial charge in [-0.05, 0) is 49.8 Å². The van der Waals surface area contributed by atoms with Gasteiger partial charge in [0.05, 0.1) is 17.9 Å². The summed E-state index contributed by atoms with van der Waals surface area (Å²) in [5, 5.41) is 13.5. The van der Waals surface area contributed by atoms with E-state index < -0.39 is 0 Å². The number of esters is 1. The Morgan fingerprint density at radius 1 is 1.06 bits per heavy atom. The SMILES string of the molecule is CCOC(=O)c1c(/N=C(/C=C(\[O-])c2ccccc2)c2ccccc2)sc2c1CCCC2.[Cl][Cu+]. The Hall–Kier alpha value is -2.37. The molecule has 0 radical (unpaired) electrons. The molecule has 3 aromatic rings. The predicted molar refractivity (Wildman–Crippen MR) is 130 cm³/mol. The van der Waals surface area contributed by atoms with Crippen molar-refractivity contribution in [3.8, 4) is 0 Å². The monoisotopic (exact) mass is 528 g/mol. The zero-order valence-corrected chi connectivity index (χ0v) is 20.7. The number of hydrogen-bond acceptors (Lipinski definition) is 5. The topological polar surface area (TPSA) is 61.7 Å². The van der Waals surface area contributed by atoms with Crippen LogP contribution < -0.4 is 5.11 Å². The first-order chi connectivity index (χ1) is 16.2. The molecule has 0 saturated heterocycles. The molecule has 1 aliphatic carbocycles. The van der Waals surface area contributed by atoms with Crippen LogP contribution in [0.2, 0.25) is 0 Å². The first-order valence-electron chi connectivity index (χ1n) is 10.7. The molecule has 0 spiro atoms. The van der Waals surface area contributed by atoms with Crippen molar-refractivity contribution in [1.82, 2.24) is 0 Å². The van der Waals surface area contributed by atoms with E-state index in [0.29, 0.717) is 28.4 Å². The summed E-state index contributed by atoms with van der Waals surface area (Å²) >= 11 is 5.20. The van der Waals surface area contributed by atoms with E-state index >= 15 is 0 Å². The molecule has 0 saturated carbocycles. The van der Waals surface area contributed by atoms with Crippen molar-refractivity contribution >= 4 is 43.9 Å². The number of thiophene rings is 1. The van der Waals surface area contributed by atoms with Gasteiger partial charge in [0.15, 0.2) is 0 Å². The molecule has 175 valence electrons. The number of aliphatic imine (C=N–C) groups is 1. The number of fused-ring (bicyclic) bond motifs is 1. The van der Waals surface area contributed by atoms with Crippen LogP contribution in [0.1, 0.15) is 51.7 Å². The molecule has 33 heavy (non-hydrogen) atoms. The van der Waals surface area contributed by atoms with Gasteiger partial charge < -0.3 is 9.84 Å². The van der Waals surface area contributed by atoms with Gasteiger partial charge >= 0.3 is 31.2 Å². The van der Waals surface area contributed by atoms with Gasteiger partial charge in [0, 0.05) is 10.4 Å². The van der Waals surface area contributed by atoms with Crippen molar-refractivity contribution in [2.45, 2.75) is 32.6 Å². The number of nitrogens with zero attached hydrogens (tertiary/aromatic N) is 1. The molecule has 0 fully saturated rings. The molecule has 0 atom stereocenters. The molecule has 0 unspecified atom stereocenters. The maximum absolute atomic E-state index is 12.9. The number of allylic oxidation sites excluding steroid dienone is 1. The molecular weight excluding hydrogens is 505 g/mol. The molecule has 4 rings (SSSR count). The summed E-state index contributed by atoms with van der Waals surface area (Å²) in [7, 11) is 4.20. The number of ether oxygens (including phenoxy) is 1. The van der Waals surface area contributed by atoms with Crippen molar-refractivity contribution in [3.05, 3.63) is 93.9 Å². The fraction of sp³-hybridized carbons (Fsp3) is 0.231. The molecule has 2 aromatic carbocycles. The third-order valence-corrected chi connectivity index (χ3v) is 6.44. The second kappa shape index (κ2) is 12.8. The van der Waals surface area contributed by atoms with Crippen LogP contribution in [0.3, 0.4) is 0 Å². The van der Waals surface area contributed by atoms with Gasteiger partial charge in [-0.3, -0.25) is 0 Å². The van der Waals surface area contributed by atoms with Gasteiger partial charge in [-0.25, -0.2) is 9.79 Å². The zero-order valence-electron chi connectivity index (χ0n) is 18.1. The molecule has 0 amide bonds. The first-order valence-corrected chi connectivity index (χ1v) is 12.8. The van der Waals surface area contributed by atoms with Crippen LogP contribution in [0.25, 0.3) is 5.76 Å². The fourth-order valence-electron chi connectivity index (χ4n) is 3.75. The summed E-state index contributed by atoms with van der Waals surface area (Å²) in [6.07, 6.45) is 5.54. The van der Waals surface area contributed by atoms with E-state index in [1.165, 1.54) is 4.88 Å². The number of rotatable bonds is 6. The van der Waals surface area contributed by atoms with Crippen LogP contribution in [-0.4, -0.2) is 18.3 Å². The Balaban J connectivity index is 0.00000149. The summed E-state index contributed by atoms with van der Waals surface area (Å²) < 4.78 is 5.35. The van der Waals surface area contributed by atoms with Gasteiger partial charge in [-0.2, -0.15) is 0 Å². The summed E-state index contributed by atoms with van der Waals surface area (Å²) in [5.74, 6) is -0.454. The molecule has 7 heteroatoms. The number of hydrogen-bond donors (Lipinski definition) is 0. The third-order valence-electron chi connectivity index (χ3n) is 5.25. The van der Waals surface area contributed by atoms with E-state index in [2.05, 4.69) is 25.2 Å². The van der Waals surface area contributed by atoms with Crippen molar-refractivity contribution in [1.29, 1.82) is 0 Å². The van der Waals surface area contributed by atoms with Crippen LogP contribution in [0, 0.1) is 0 Å². The average molecular weight is 530 g/mol. The Kier molecular flexibility index (Phi) is 9.76. The van der Waals surface area contributed by atoms with Crippen molar-refractivity contribution in [2.24, 2.45) is 4.99 Å². The quantitative estimate of drug-likeness (QED) is 0.170. The number of halogens is 1. The van der Waals surface area contributed by atoms with Crippen molar-refractivity contribution in [3.63, 3.8) is 0 Å². The van der Waals surface area contributed by atoms with Crippen molar-refractivity contribution < 1.29 is 29.7 Å². The van der Waals surface area contributed by atoms with E-state index in [4.69, 9.17) is 9.73 Å². The third kappa shape index (κ3) is 6.36. The van der Waals surface area contributed by atoms with E-state index in [9.17, 15) is 9.90 Å². The second-order valence-corrected chi connectivity index (χ2v) is 8.43. The van der Waals surface area contributed by atoms with E-state index in [0.717, 1.165) is 36.8 Å². The molecule has 4 nitrogen and oxygen atoms in total. The number of aryl methyl sites for hydroxylation is 1. The Morgan fingerprint density at radius 3 is 2.30 bits per heavy atom. The first kappa shape index (κ1) is 25.3. The van der Waals surface area contributed by atoms with Crippen molar-refractivity contribution in [2.75, 3.05) is 6.61 Å². The zero-order chi connectivity index (χ0) is 23.6. The normalized spacial score (nSPS) is 13.6. The summed E-state index contributed by atoms with van der Waals surface area (Å²) in [6, 6.07) is 18.7.